The van der Waals surface area contributed by atoms with E-state index in [2.05, 4.69) is 12.6 Å². The molecule has 0 radical (unpaired) electrons. The summed E-state index contributed by atoms with van der Waals surface area (Å²) in [5.41, 5.74) is 0. The molecule has 0 spiro atoms. The molecule has 1 N–H and O–H groups in total. The zero-order valence-corrected chi connectivity index (χ0v) is 7.74. The summed E-state index contributed by atoms with van der Waals surface area (Å²) >= 11 is 4.09. The lowest BCUT2D eigenvalue weighted by atomic mass is 10.1. The van der Waals surface area contributed by atoms with Gasteiger partial charge in [-0.05, 0) is 6.42 Å². The highest BCUT2D eigenvalue weighted by molar-refractivity contribution is 7.86. The van der Waals surface area contributed by atoms with Gasteiger partial charge in [-0.3, -0.25) is 4.55 Å². The van der Waals surface area contributed by atoms with Crippen LogP contribution in [0.2, 0.25) is 0 Å². The molecule has 0 bridgehead atoms. The van der Waals surface area contributed by atoms with E-state index in [1.165, 1.54) is 0 Å². The van der Waals surface area contributed by atoms with Crippen molar-refractivity contribution in [1.82, 2.24) is 0 Å². The first-order valence-corrected chi connectivity index (χ1v) is 4.94. The van der Waals surface area contributed by atoms with Crippen molar-refractivity contribution in [3.63, 3.8) is 0 Å². The van der Waals surface area contributed by atoms with Crippen molar-refractivity contribution in [2.75, 3.05) is 5.75 Å². The molecule has 10 heavy (non-hydrogen) atoms. The van der Waals surface area contributed by atoms with Crippen LogP contribution in [-0.4, -0.2) is 23.5 Å². The van der Waals surface area contributed by atoms with Crippen LogP contribution >= 0.6 is 12.6 Å². The minimum absolute atomic E-state index is 0.219. The SMILES string of the molecule is CC(C)(S)CCS(=O)(=O)O. The van der Waals surface area contributed by atoms with Crippen LogP contribution in [0.4, 0.5) is 0 Å². The molecule has 0 fully saturated rings. The molecule has 5 heteroatoms. The van der Waals surface area contributed by atoms with Gasteiger partial charge in [-0.1, -0.05) is 13.8 Å². The molecule has 0 aliphatic rings. The maximum Gasteiger partial charge on any atom is 0.264 e. The third kappa shape index (κ3) is 8.26. The van der Waals surface area contributed by atoms with Gasteiger partial charge in [0, 0.05) is 4.75 Å². The molecule has 0 aliphatic carbocycles. The predicted octanol–water partition coefficient (Wildman–Crippen LogP) is 0.973. The fourth-order valence-corrected chi connectivity index (χ4v) is 1.41. The topological polar surface area (TPSA) is 54.4 Å². The van der Waals surface area contributed by atoms with E-state index < -0.39 is 10.1 Å². The third-order valence-corrected chi connectivity index (χ3v) is 1.92. The van der Waals surface area contributed by atoms with Crippen molar-refractivity contribution in [3.8, 4) is 0 Å². The molecular weight excluding hydrogens is 172 g/mol. The van der Waals surface area contributed by atoms with Crippen LogP contribution in [0, 0.1) is 0 Å². The van der Waals surface area contributed by atoms with Gasteiger partial charge in [0.2, 0.25) is 0 Å². The van der Waals surface area contributed by atoms with Gasteiger partial charge in [0.15, 0.2) is 0 Å². The molecule has 0 saturated carbocycles. The van der Waals surface area contributed by atoms with Crippen LogP contribution in [-0.2, 0) is 10.1 Å². The first-order valence-electron chi connectivity index (χ1n) is 2.88. The number of hydrogen-bond acceptors (Lipinski definition) is 3. The Hall–Kier alpha value is 0.260. The number of hydrogen-bond donors (Lipinski definition) is 2. The second-order valence-corrected chi connectivity index (χ2v) is 5.63. The zero-order valence-electron chi connectivity index (χ0n) is 6.03. The lowest BCUT2D eigenvalue weighted by Crippen LogP contribution is -2.17. The maximum atomic E-state index is 10.2. The Morgan fingerprint density at radius 2 is 1.90 bits per heavy atom. The fraction of sp³-hybridized carbons (Fsp3) is 1.00. The Morgan fingerprint density at radius 3 is 2.00 bits per heavy atom. The van der Waals surface area contributed by atoms with Crippen LogP contribution < -0.4 is 0 Å². The highest BCUT2D eigenvalue weighted by Gasteiger charge is 2.15. The maximum absolute atomic E-state index is 10.2. The van der Waals surface area contributed by atoms with Crippen LogP contribution in [0.15, 0.2) is 0 Å². The standard InChI is InChI=1S/C5H12O3S2/c1-5(2,9)3-4-10(6,7)8/h9H,3-4H2,1-2H3,(H,6,7,8). The molecule has 0 aromatic heterocycles. The lowest BCUT2D eigenvalue weighted by Gasteiger charge is -2.14. The smallest absolute Gasteiger partial charge is 0.264 e. The van der Waals surface area contributed by atoms with Gasteiger partial charge in [0.25, 0.3) is 10.1 Å². The van der Waals surface area contributed by atoms with E-state index >= 15 is 0 Å². The quantitative estimate of drug-likeness (QED) is 0.507. The highest BCUT2D eigenvalue weighted by atomic mass is 32.2. The molecule has 0 amide bonds. The summed E-state index contributed by atoms with van der Waals surface area (Å²) in [4.78, 5) is 0. The Morgan fingerprint density at radius 1 is 1.50 bits per heavy atom. The average Bonchev–Trinajstić information content (AvgIpc) is 1.57. The molecule has 0 aromatic carbocycles. The van der Waals surface area contributed by atoms with Gasteiger partial charge in [0.1, 0.15) is 0 Å². The van der Waals surface area contributed by atoms with Crippen molar-refractivity contribution in [2.24, 2.45) is 0 Å². The van der Waals surface area contributed by atoms with E-state index in [-0.39, 0.29) is 10.5 Å². The Balaban J connectivity index is 3.79. The third-order valence-electron chi connectivity index (χ3n) is 0.972. The lowest BCUT2D eigenvalue weighted by molar-refractivity contribution is 0.477. The molecule has 3 nitrogen and oxygen atoms in total. The molecular formula is C5H12O3S2. The first-order chi connectivity index (χ1) is 4.21. The van der Waals surface area contributed by atoms with E-state index in [4.69, 9.17) is 4.55 Å². The largest absolute Gasteiger partial charge is 0.286 e. The molecule has 0 unspecified atom stereocenters. The Labute approximate surface area is 67.0 Å². The van der Waals surface area contributed by atoms with Gasteiger partial charge in [-0.2, -0.15) is 21.0 Å². The molecule has 0 heterocycles. The second kappa shape index (κ2) is 3.11. The highest BCUT2D eigenvalue weighted by Crippen LogP contribution is 2.16. The van der Waals surface area contributed by atoms with Crippen molar-refractivity contribution in [3.05, 3.63) is 0 Å². The van der Waals surface area contributed by atoms with Crippen LogP contribution in [0.1, 0.15) is 20.3 Å². The average molecular weight is 184 g/mol. The van der Waals surface area contributed by atoms with Gasteiger partial charge < -0.3 is 0 Å². The molecule has 0 aliphatic heterocycles. The minimum atomic E-state index is -3.81. The van der Waals surface area contributed by atoms with Gasteiger partial charge in [0.05, 0.1) is 5.75 Å². The first kappa shape index (κ1) is 10.3. The summed E-state index contributed by atoms with van der Waals surface area (Å²) in [6.07, 6.45) is 0.356. The fourth-order valence-electron chi connectivity index (χ4n) is 0.379. The van der Waals surface area contributed by atoms with Crippen molar-refractivity contribution in [1.29, 1.82) is 0 Å². The monoisotopic (exact) mass is 184 g/mol. The molecule has 0 aromatic rings. The minimum Gasteiger partial charge on any atom is -0.286 e. The summed E-state index contributed by atoms with van der Waals surface area (Å²) in [5, 5.41) is 0. The van der Waals surface area contributed by atoms with Crippen molar-refractivity contribution < 1.29 is 13.0 Å². The van der Waals surface area contributed by atoms with Crippen LogP contribution in [0.3, 0.4) is 0 Å². The van der Waals surface area contributed by atoms with Crippen molar-refractivity contribution in [2.45, 2.75) is 25.0 Å². The molecule has 0 rings (SSSR count). The summed E-state index contributed by atoms with van der Waals surface area (Å²) in [6, 6.07) is 0. The van der Waals surface area contributed by atoms with Gasteiger partial charge >= 0.3 is 0 Å². The van der Waals surface area contributed by atoms with E-state index in [1.54, 1.807) is 13.8 Å². The normalized spacial score (nSPS) is 13.6. The number of thiol groups is 1. The Bertz CT molecular complexity index is 187. The van der Waals surface area contributed by atoms with E-state index in [9.17, 15) is 8.42 Å². The summed E-state index contributed by atoms with van der Waals surface area (Å²) in [6.45, 7) is 3.59. The summed E-state index contributed by atoms with van der Waals surface area (Å²) < 4.78 is 28.4. The Kier molecular flexibility index (Phi) is 3.19. The van der Waals surface area contributed by atoms with Crippen molar-refractivity contribution >= 4 is 22.7 Å². The van der Waals surface area contributed by atoms with E-state index in [1.807, 2.05) is 0 Å². The van der Waals surface area contributed by atoms with E-state index in [0.29, 0.717) is 6.42 Å². The van der Waals surface area contributed by atoms with Crippen LogP contribution in [0.5, 0.6) is 0 Å². The second-order valence-electron chi connectivity index (χ2n) is 2.85. The summed E-state index contributed by atoms with van der Waals surface area (Å²) in [5.74, 6) is -0.219. The number of rotatable bonds is 3. The van der Waals surface area contributed by atoms with Crippen LogP contribution in [0.25, 0.3) is 0 Å². The molecule has 0 atom stereocenters. The van der Waals surface area contributed by atoms with Gasteiger partial charge in [-0.25, -0.2) is 0 Å². The molecule has 62 valence electrons. The van der Waals surface area contributed by atoms with Gasteiger partial charge in [-0.15, -0.1) is 0 Å². The van der Waals surface area contributed by atoms with E-state index in [0.717, 1.165) is 0 Å². The zero-order chi connectivity index (χ0) is 8.41. The molecule has 0 saturated heterocycles. The predicted molar refractivity (Wildman–Crippen MR) is 44.1 cm³/mol. The summed E-state index contributed by atoms with van der Waals surface area (Å²) in [7, 11) is -3.81.